The van der Waals surface area contributed by atoms with Crippen LogP contribution in [-0.2, 0) is 22.4 Å². The van der Waals surface area contributed by atoms with Gasteiger partial charge in [0.05, 0.1) is 5.75 Å². The molecule has 0 radical (unpaired) electrons. The molecule has 5 heteroatoms. The van der Waals surface area contributed by atoms with Gasteiger partial charge in [-0.25, -0.2) is 0 Å². The van der Waals surface area contributed by atoms with Crippen LogP contribution in [0.3, 0.4) is 0 Å². The SMILES string of the molecule is O=C(CSc1ccc2c(c1)CCC2)Nc1ccc(N2CCCC2=O)cc1. The maximum absolute atomic E-state index is 12.2. The normalized spacial score (nSPS) is 16.0. The van der Waals surface area contributed by atoms with E-state index in [-0.39, 0.29) is 11.8 Å². The van der Waals surface area contributed by atoms with Crippen LogP contribution in [0, 0.1) is 0 Å². The molecular formula is C21H22N2O2S. The Balaban J connectivity index is 1.31. The Kier molecular flexibility index (Phi) is 4.98. The zero-order valence-electron chi connectivity index (χ0n) is 14.7. The van der Waals surface area contributed by atoms with Gasteiger partial charge in [0.1, 0.15) is 0 Å². The molecule has 26 heavy (non-hydrogen) atoms. The fourth-order valence-corrected chi connectivity index (χ4v) is 4.39. The number of carbonyl (C=O) groups excluding carboxylic acids is 2. The number of amides is 2. The Bertz CT molecular complexity index is 832. The third-order valence-corrected chi connectivity index (χ3v) is 5.97. The predicted molar refractivity (Wildman–Crippen MR) is 106 cm³/mol. The van der Waals surface area contributed by atoms with E-state index in [0.717, 1.165) is 35.7 Å². The third kappa shape index (κ3) is 3.78. The number of fused-ring (bicyclic) bond motifs is 1. The Morgan fingerprint density at radius 2 is 1.81 bits per heavy atom. The molecule has 4 rings (SSSR count). The van der Waals surface area contributed by atoms with Crippen molar-refractivity contribution < 1.29 is 9.59 Å². The van der Waals surface area contributed by atoms with Gasteiger partial charge < -0.3 is 10.2 Å². The second kappa shape index (κ2) is 7.54. The number of aryl methyl sites for hydroxylation is 2. The van der Waals surface area contributed by atoms with Crippen LogP contribution < -0.4 is 10.2 Å². The van der Waals surface area contributed by atoms with E-state index in [4.69, 9.17) is 0 Å². The number of carbonyl (C=O) groups is 2. The second-order valence-electron chi connectivity index (χ2n) is 6.82. The number of thioether (sulfide) groups is 1. The molecule has 1 aliphatic heterocycles. The Hall–Kier alpha value is -2.27. The lowest BCUT2D eigenvalue weighted by Crippen LogP contribution is -2.23. The highest BCUT2D eigenvalue weighted by Crippen LogP contribution is 2.28. The zero-order valence-corrected chi connectivity index (χ0v) is 15.5. The minimum Gasteiger partial charge on any atom is -0.325 e. The number of nitrogens with zero attached hydrogens (tertiary/aromatic N) is 1. The number of hydrogen-bond acceptors (Lipinski definition) is 3. The molecule has 0 bridgehead atoms. The summed E-state index contributed by atoms with van der Waals surface area (Å²) in [4.78, 5) is 27.0. The van der Waals surface area contributed by atoms with Crippen LogP contribution in [-0.4, -0.2) is 24.1 Å². The van der Waals surface area contributed by atoms with Gasteiger partial charge >= 0.3 is 0 Å². The summed E-state index contributed by atoms with van der Waals surface area (Å²) in [6.45, 7) is 0.780. The molecule has 1 fully saturated rings. The number of benzene rings is 2. The molecule has 1 saturated heterocycles. The first-order valence-corrected chi connectivity index (χ1v) is 10.1. The highest BCUT2D eigenvalue weighted by molar-refractivity contribution is 8.00. The highest BCUT2D eigenvalue weighted by atomic mass is 32.2. The molecule has 0 saturated carbocycles. The van der Waals surface area contributed by atoms with E-state index in [1.807, 2.05) is 24.3 Å². The molecule has 2 amide bonds. The maximum atomic E-state index is 12.2. The van der Waals surface area contributed by atoms with Gasteiger partial charge in [0.2, 0.25) is 11.8 Å². The molecule has 2 aromatic rings. The van der Waals surface area contributed by atoms with Crippen molar-refractivity contribution in [2.24, 2.45) is 0 Å². The smallest absolute Gasteiger partial charge is 0.234 e. The van der Waals surface area contributed by atoms with Gasteiger partial charge in [-0.15, -0.1) is 11.8 Å². The summed E-state index contributed by atoms with van der Waals surface area (Å²) in [7, 11) is 0. The first-order chi connectivity index (χ1) is 12.7. The summed E-state index contributed by atoms with van der Waals surface area (Å²) < 4.78 is 0. The first kappa shape index (κ1) is 17.2. The van der Waals surface area contributed by atoms with Crippen LogP contribution in [0.5, 0.6) is 0 Å². The lowest BCUT2D eigenvalue weighted by molar-refractivity contribution is -0.117. The van der Waals surface area contributed by atoms with E-state index in [9.17, 15) is 9.59 Å². The monoisotopic (exact) mass is 366 g/mol. The van der Waals surface area contributed by atoms with Gasteiger partial charge in [-0.05, 0) is 73.2 Å². The standard InChI is InChI=1S/C21H22N2O2S/c24-20(14-26-19-11-6-15-3-1-4-16(15)13-19)22-17-7-9-18(10-8-17)23-12-2-5-21(23)25/h6-11,13H,1-5,12,14H2,(H,22,24). The first-order valence-electron chi connectivity index (χ1n) is 9.14. The van der Waals surface area contributed by atoms with Crippen molar-refractivity contribution in [3.8, 4) is 0 Å². The zero-order chi connectivity index (χ0) is 17.9. The number of anilines is 2. The molecule has 0 aromatic heterocycles. The number of nitrogens with one attached hydrogen (secondary N) is 1. The summed E-state index contributed by atoms with van der Waals surface area (Å²) in [5, 5.41) is 2.93. The van der Waals surface area contributed by atoms with Crippen molar-refractivity contribution in [2.45, 2.75) is 37.0 Å². The van der Waals surface area contributed by atoms with E-state index in [1.165, 1.54) is 24.0 Å². The van der Waals surface area contributed by atoms with Gasteiger partial charge in [-0.3, -0.25) is 9.59 Å². The van der Waals surface area contributed by atoms with Crippen LogP contribution >= 0.6 is 11.8 Å². The molecule has 1 aliphatic carbocycles. The molecule has 0 unspecified atom stereocenters. The van der Waals surface area contributed by atoms with E-state index >= 15 is 0 Å². The molecule has 1 N–H and O–H groups in total. The molecule has 134 valence electrons. The van der Waals surface area contributed by atoms with E-state index in [2.05, 4.69) is 23.5 Å². The van der Waals surface area contributed by atoms with Crippen LogP contribution in [0.15, 0.2) is 47.4 Å². The summed E-state index contributed by atoms with van der Waals surface area (Å²) in [6, 6.07) is 14.0. The predicted octanol–water partition coefficient (Wildman–Crippen LogP) is 4.03. The third-order valence-electron chi connectivity index (χ3n) is 4.98. The Morgan fingerprint density at radius 3 is 2.58 bits per heavy atom. The Labute approximate surface area is 158 Å². The van der Waals surface area contributed by atoms with Crippen LogP contribution in [0.1, 0.15) is 30.4 Å². The van der Waals surface area contributed by atoms with Gasteiger partial charge in [0.15, 0.2) is 0 Å². The van der Waals surface area contributed by atoms with Crippen LogP contribution in [0.4, 0.5) is 11.4 Å². The van der Waals surface area contributed by atoms with Gasteiger partial charge in [0.25, 0.3) is 0 Å². The fourth-order valence-electron chi connectivity index (χ4n) is 3.63. The highest BCUT2D eigenvalue weighted by Gasteiger charge is 2.21. The van der Waals surface area contributed by atoms with E-state index < -0.39 is 0 Å². The van der Waals surface area contributed by atoms with Crippen molar-refractivity contribution in [1.82, 2.24) is 0 Å². The quantitative estimate of drug-likeness (QED) is 0.813. The lowest BCUT2D eigenvalue weighted by Gasteiger charge is -2.16. The molecule has 4 nitrogen and oxygen atoms in total. The van der Waals surface area contributed by atoms with Gasteiger partial charge in [-0.1, -0.05) is 6.07 Å². The summed E-state index contributed by atoms with van der Waals surface area (Å²) in [5.74, 6) is 0.554. The average Bonchev–Trinajstić information content (AvgIpc) is 3.29. The molecule has 0 spiro atoms. The van der Waals surface area contributed by atoms with Crippen molar-refractivity contribution in [3.05, 3.63) is 53.6 Å². The van der Waals surface area contributed by atoms with Gasteiger partial charge in [-0.2, -0.15) is 0 Å². The van der Waals surface area contributed by atoms with Crippen LogP contribution in [0.2, 0.25) is 0 Å². The summed E-state index contributed by atoms with van der Waals surface area (Å²) >= 11 is 1.57. The summed E-state index contributed by atoms with van der Waals surface area (Å²) in [5.41, 5.74) is 4.55. The van der Waals surface area contributed by atoms with Crippen LogP contribution in [0.25, 0.3) is 0 Å². The van der Waals surface area contributed by atoms with Crippen molar-refractivity contribution in [3.63, 3.8) is 0 Å². The topological polar surface area (TPSA) is 49.4 Å². The second-order valence-corrected chi connectivity index (χ2v) is 7.87. The minimum atomic E-state index is -0.0134. The fraction of sp³-hybridized carbons (Fsp3) is 0.333. The maximum Gasteiger partial charge on any atom is 0.234 e. The number of hydrogen-bond donors (Lipinski definition) is 1. The van der Waals surface area contributed by atoms with Gasteiger partial charge in [0, 0.05) is 29.2 Å². The Morgan fingerprint density at radius 1 is 1.00 bits per heavy atom. The molecule has 2 aromatic carbocycles. The van der Waals surface area contributed by atoms with Crippen molar-refractivity contribution in [1.29, 1.82) is 0 Å². The lowest BCUT2D eigenvalue weighted by atomic mass is 10.1. The number of rotatable bonds is 5. The largest absolute Gasteiger partial charge is 0.325 e. The molecule has 0 atom stereocenters. The summed E-state index contributed by atoms with van der Waals surface area (Å²) in [6.07, 6.45) is 5.11. The van der Waals surface area contributed by atoms with Crippen molar-refractivity contribution in [2.75, 3.05) is 22.5 Å². The minimum absolute atomic E-state index is 0.0134. The van der Waals surface area contributed by atoms with E-state index in [0.29, 0.717) is 12.2 Å². The molecular weight excluding hydrogens is 344 g/mol. The average molecular weight is 366 g/mol. The van der Waals surface area contributed by atoms with Crippen molar-refractivity contribution >= 4 is 35.0 Å². The molecule has 1 heterocycles. The van der Waals surface area contributed by atoms with E-state index in [1.54, 1.807) is 16.7 Å². The molecule has 2 aliphatic rings.